The van der Waals surface area contributed by atoms with Gasteiger partial charge < -0.3 is 4.90 Å². The summed E-state index contributed by atoms with van der Waals surface area (Å²) in [5.74, 6) is -0.118. The third-order valence-electron chi connectivity index (χ3n) is 6.86. The van der Waals surface area contributed by atoms with Crippen LogP contribution in [0, 0.1) is 5.92 Å². The number of hydrogen-bond acceptors (Lipinski definition) is 4. The molecule has 0 spiro atoms. The fourth-order valence-corrected chi connectivity index (χ4v) is 4.89. The maximum atomic E-state index is 12.9. The average molecular weight is 412 g/mol. The number of amides is 2. The topological polar surface area (TPSA) is 60.9 Å². The maximum absolute atomic E-state index is 12.9. The van der Waals surface area contributed by atoms with E-state index in [9.17, 15) is 14.4 Å². The molecule has 0 N–H and O–H groups in total. The molecule has 0 aliphatic carbocycles. The van der Waals surface area contributed by atoms with Gasteiger partial charge in [-0.15, -0.1) is 0 Å². The first-order chi connectivity index (χ1) is 14.5. The first-order valence-corrected chi connectivity index (χ1v) is 11.5. The molecular weight excluding hydrogens is 378 g/mol. The standard InChI is InChI=1S/C24H33N3O3/c1-17(2)19-7-8-21-20(15-19)22(28)24(30)27(21)16-25-13-9-18(10-14-25)23(29)26-11-5-3-4-6-12-26/h7-8,15,17-18H,3-6,9-14,16H2,1-2H3. The molecule has 1 aromatic rings. The lowest BCUT2D eigenvalue weighted by molar-refractivity contribution is -0.137. The zero-order valence-corrected chi connectivity index (χ0v) is 18.2. The SMILES string of the molecule is CC(C)c1ccc2c(c1)C(=O)C(=O)N2CN1CCC(C(=O)N2CCCCCC2)CC1. The molecule has 0 radical (unpaired) electrons. The molecule has 2 saturated heterocycles. The molecule has 1 aromatic carbocycles. The van der Waals surface area contributed by atoms with Crippen LogP contribution >= 0.6 is 0 Å². The number of nitrogens with zero attached hydrogens (tertiary/aromatic N) is 3. The van der Waals surface area contributed by atoms with E-state index < -0.39 is 11.7 Å². The molecule has 0 unspecified atom stereocenters. The van der Waals surface area contributed by atoms with E-state index in [0.29, 0.717) is 24.1 Å². The smallest absolute Gasteiger partial charge is 0.300 e. The van der Waals surface area contributed by atoms with Crippen LogP contribution in [0.5, 0.6) is 0 Å². The van der Waals surface area contributed by atoms with Gasteiger partial charge in [-0.05, 0) is 49.3 Å². The lowest BCUT2D eigenvalue weighted by atomic mass is 9.95. The van der Waals surface area contributed by atoms with Crippen LogP contribution in [0.2, 0.25) is 0 Å². The van der Waals surface area contributed by atoms with E-state index in [1.165, 1.54) is 12.8 Å². The predicted molar refractivity (Wildman–Crippen MR) is 117 cm³/mol. The first-order valence-electron chi connectivity index (χ1n) is 11.5. The van der Waals surface area contributed by atoms with Gasteiger partial charge >= 0.3 is 5.91 Å². The zero-order valence-electron chi connectivity index (χ0n) is 18.2. The lowest BCUT2D eigenvalue weighted by Crippen LogP contribution is -2.47. The molecule has 0 aromatic heterocycles. The minimum absolute atomic E-state index is 0.0937. The van der Waals surface area contributed by atoms with Crippen molar-refractivity contribution in [1.82, 2.24) is 9.80 Å². The largest absolute Gasteiger partial charge is 0.342 e. The molecule has 6 heteroatoms. The van der Waals surface area contributed by atoms with Gasteiger partial charge in [-0.25, -0.2) is 0 Å². The fourth-order valence-electron chi connectivity index (χ4n) is 4.89. The van der Waals surface area contributed by atoms with Crippen molar-refractivity contribution >= 4 is 23.3 Å². The Morgan fingerprint density at radius 2 is 1.67 bits per heavy atom. The van der Waals surface area contributed by atoms with Crippen molar-refractivity contribution < 1.29 is 14.4 Å². The predicted octanol–water partition coefficient (Wildman–Crippen LogP) is 3.41. The van der Waals surface area contributed by atoms with Gasteiger partial charge in [0.1, 0.15) is 0 Å². The summed E-state index contributed by atoms with van der Waals surface area (Å²) in [5.41, 5.74) is 2.32. The number of benzene rings is 1. The second kappa shape index (κ2) is 8.88. The number of ketones is 1. The Morgan fingerprint density at radius 1 is 1.00 bits per heavy atom. The first kappa shape index (κ1) is 21.0. The Morgan fingerprint density at radius 3 is 2.30 bits per heavy atom. The Balaban J connectivity index is 1.37. The molecule has 0 saturated carbocycles. The number of carbonyl (C=O) groups excluding carboxylic acids is 3. The maximum Gasteiger partial charge on any atom is 0.300 e. The van der Waals surface area contributed by atoms with Crippen molar-refractivity contribution in [3.8, 4) is 0 Å². The van der Waals surface area contributed by atoms with Crippen molar-refractivity contribution in [2.24, 2.45) is 5.92 Å². The summed E-state index contributed by atoms with van der Waals surface area (Å²) in [5, 5.41) is 0. The van der Waals surface area contributed by atoms with Crippen LogP contribution in [0.3, 0.4) is 0 Å². The summed E-state index contributed by atoms with van der Waals surface area (Å²) in [6.07, 6.45) is 6.34. The van der Waals surface area contributed by atoms with Crippen LogP contribution in [0.4, 0.5) is 5.69 Å². The van der Waals surface area contributed by atoms with E-state index in [1.807, 2.05) is 18.2 Å². The molecule has 4 rings (SSSR count). The van der Waals surface area contributed by atoms with Crippen LogP contribution in [0.15, 0.2) is 18.2 Å². The van der Waals surface area contributed by atoms with Crippen molar-refractivity contribution in [3.63, 3.8) is 0 Å². The zero-order chi connectivity index (χ0) is 21.3. The highest BCUT2D eigenvalue weighted by Crippen LogP contribution is 2.32. The van der Waals surface area contributed by atoms with Crippen molar-refractivity contribution in [2.45, 2.75) is 58.3 Å². The lowest BCUT2D eigenvalue weighted by Gasteiger charge is -2.35. The molecule has 3 aliphatic heterocycles. The summed E-state index contributed by atoms with van der Waals surface area (Å²) in [6, 6.07) is 5.78. The normalized spacial score (nSPS) is 21.3. The second-order valence-corrected chi connectivity index (χ2v) is 9.27. The van der Waals surface area contributed by atoms with E-state index in [1.54, 1.807) is 4.90 Å². The molecule has 162 valence electrons. The molecular formula is C24H33N3O3. The second-order valence-electron chi connectivity index (χ2n) is 9.27. The summed E-state index contributed by atoms with van der Waals surface area (Å²) < 4.78 is 0. The highest BCUT2D eigenvalue weighted by molar-refractivity contribution is 6.52. The van der Waals surface area contributed by atoms with Gasteiger partial charge in [0.25, 0.3) is 5.78 Å². The quantitative estimate of drug-likeness (QED) is 0.713. The third-order valence-corrected chi connectivity index (χ3v) is 6.86. The molecule has 3 heterocycles. The minimum Gasteiger partial charge on any atom is -0.342 e. The summed E-state index contributed by atoms with van der Waals surface area (Å²) in [7, 11) is 0. The van der Waals surface area contributed by atoms with Crippen LogP contribution in [0.25, 0.3) is 0 Å². The van der Waals surface area contributed by atoms with Gasteiger partial charge in [-0.1, -0.05) is 32.8 Å². The van der Waals surface area contributed by atoms with Gasteiger partial charge in [0, 0.05) is 32.1 Å². The number of hydrogen-bond donors (Lipinski definition) is 0. The van der Waals surface area contributed by atoms with Gasteiger partial charge in [-0.2, -0.15) is 0 Å². The molecule has 30 heavy (non-hydrogen) atoms. The van der Waals surface area contributed by atoms with Crippen molar-refractivity contribution in [3.05, 3.63) is 29.3 Å². The van der Waals surface area contributed by atoms with E-state index in [4.69, 9.17) is 0 Å². The van der Waals surface area contributed by atoms with E-state index in [-0.39, 0.29) is 5.92 Å². The molecule has 2 fully saturated rings. The molecule has 3 aliphatic rings. The van der Waals surface area contributed by atoms with Crippen LogP contribution in [-0.4, -0.2) is 60.2 Å². The molecule has 0 atom stereocenters. The fraction of sp³-hybridized carbons (Fsp3) is 0.625. The Kier molecular flexibility index (Phi) is 6.23. The minimum atomic E-state index is -0.436. The van der Waals surface area contributed by atoms with Crippen molar-refractivity contribution in [1.29, 1.82) is 0 Å². The van der Waals surface area contributed by atoms with Gasteiger partial charge in [0.15, 0.2) is 0 Å². The van der Waals surface area contributed by atoms with E-state index in [2.05, 4.69) is 23.6 Å². The monoisotopic (exact) mass is 411 g/mol. The van der Waals surface area contributed by atoms with E-state index >= 15 is 0 Å². The Hall–Kier alpha value is -2.21. The number of likely N-dealkylation sites (tertiary alicyclic amines) is 2. The van der Waals surface area contributed by atoms with Crippen LogP contribution < -0.4 is 4.90 Å². The number of rotatable bonds is 4. The third kappa shape index (κ3) is 4.15. The van der Waals surface area contributed by atoms with Gasteiger partial charge in [0.05, 0.1) is 17.9 Å². The number of Topliss-reactive ketones (excluding diaryl/α,β-unsaturated/α-hetero) is 1. The number of carbonyl (C=O) groups is 3. The van der Waals surface area contributed by atoms with Gasteiger partial charge in [0.2, 0.25) is 5.91 Å². The number of anilines is 1. The Labute approximate surface area is 179 Å². The Bertz CT molecular complexity index is 819. The summed E-state index contributed by atoms with van der Waals surface area (Å²) in [6.45, 7) is 7.94. The number of fused-ring (bicyclic) bond motifs is 1. The average Bonchev–Trinajstić information content (AvgIpc) is 2.94. The van der Waals surface area contributed by atoms with E-state index in [0.717, 1.165) is 63.1 Å². The highest BCUT2D eigenvalue weighted by Gasteiger charge is 2.38. The summed E-state index contributed by atoms with van der Waals surface area (Å²) >= 11 is 0. The summed E-state index contributed by atoms with van der Waals surface area (Å²) in [4.78, 5) is 43.9. The number of piperidine rings is 1. The molecule has 0 bridgehead atoms. The van der Waals surface area contributed by atoms with Crippen LogP contribution in [0.1, 0.15) is 74.2 Å². The highest BCUT2D eigenvalue weighted by atomic mass is 16.2. The van der Waals surface area contributed by atoms with Crippen LogP contribution in [-0.2, 0) is 9.59 Å². The molecule has 2 amide bonds. The van der Waals surface area contributed by atoms with Gasteiger partial charge in [-0.3, -0.25) is 24.2 Å². The molecule has 6 nitrogen and oxygen atoms in total. The van der Waals surface area contributed by atoms with Crippen molar-refractivity contribution in [2.75, 3.05) is 37.7 Å².